The lowest BCUT2D eigenvalue weighted by atomic mass is 9.65. The summed E-state index contributed by atoms with van der Waals surface area (Å²) in [6, 6.07) is 7.13. The van der Waals surface area contributed by atoms with Crippen LogP contribution in [0.15, 0.2) is 24.3 Å². The molecule has 190 valence electrons. The number of aromatic amines is 1. The van der Waals surface area contributed by atoms with Gasteiger partial charge in [-0.2, -0.15) is 5.26 Å². The highest BCUT2D eigenvalue weighted by Gasteiger charge is 2.62. The molecule has 8 nitrogen and oxygen atoms in total. The van der Waals surface area contributed by atoms with Crippen LogP contribution in [0.2, 0.25) is 0 Å². The summed E-state index contributed by atoms with van der Waals surface area (Å²) in [6.45, 7) is 0.0321. The number of halogens is 2. The number of likely N-dealkylation sites (tertiary alicyclic amines) is 1. The van der Waals surface area contributed by atoms with Crippen molar-refractivity contribution < 1.29 is 27.9 Å². The second-order valence-electron chi connectivity index (χ2n) is 10.4. The molecule has 2 saturated carbocycles. The van der Waals surface area contributed by atoms with Crippen molar-refractivity contribution in [3.8, 4) is 11.8 Å². The van der Waals surface area contributed by atoms with Crippen molar-refractivity contribution in [2.75, 3.05) is 13.7 Å². The second-order valence-corrected chi connectivity index (χ2v) is 10.4. The van der Waals surface area contributed by atoms with Gasteiger partial charge in [0.2, 0.25) is 11.8 Å². The molecule has 1 spiro atoms. The number of methoxy groups -OCH3 is 1. The molecule has 1 aliphatic heterocycles. The van der Waals surface area contributed by atoms with Gasteiger partial charge in [-0.3, -0.25) is 14.4 Å². The summed E-state index contributed by atoms with van der Waals surface area (Å²) in [7, 11) is 1.52. The number of nitrogens with one attached hydrogen (secondary N) is 2. The molecule has 10 heteroatoms. The van der Waals surface area contributed by atoms with Crippen LogP contribution >= 0.6 is 0 Å². The van der Waals surface area contributed by atoms with Crippen molar-refractivity contribution in [2.24, 2.45) is 11.3 Å². The highest BCUT2D eigenvalue weighted by atomic mass is 19.3. The van der Waals surface area contributed by atoms with Crippen LogP contribution in [-0.2, 0) is 9.59 Å². The standard InChI is InChI=1S/C26H28F2N4O4/c1-36-22-7-3-5-18-17(22)9-19(31-18)24(35)32-14-25(12-26(27,28)13-25)10-20(32)23(34)30-16(11-29)8-15-4-2-6-21(15)33/h3,5,7,9,15-16,20,31H,2,4,6,8,10,12-14H2,1H3,(H,30,34). The monoisotopic (exact) mass is 498 g/mol. The lowest BCUT2D eigenvalue weighted by Gasteiger charge is -2.44. The number of aromatic nitrogens is 1. The second kappa shape index (κ2) is 8.87. The SMILES string of the molecule is COc1cccc2[nH]c(C(=O)N3CC4(CC3C(=O)NC(C#N)CC3CCCC3=O)CC(F)(F)C4)cc12. The van der Waals surface area contributed by atoms with Crippen molar-refractivity contribution in [3.63, 3.8) is 0 Å². The fraction of sp³-hybridized carbons (Fsp3) is 0.538. The Hall–Kier alpha value is -3.48. The van der Waals surface area contributed by atoms with Gasteiger partial charge in [0.05, 0.1) is 13.2 Å². The maximum Gasteiger partial charge on any atom is 0.271 e. The van der Waals surface area contributed by atoms with Gasteiger partial charge in [0.15, 0.2) is 0 Å². The number of ketones is 1. The maximum atomic E-state index is 13.9. The predicted molar refractivity (Wildman–Crippen MR) is 125 cm³/mol. The number of rotatable bonds is 6. The molecule has 3 atom stereocenters. The van der Waals surface area contributed by atoms with Gasteiger partial charge in [0.1, 0.15) is 29.3 Å². The molecule has 0 bridgehead atoms. The Labute approximate surface area is 207 Å². The number of ether oxygens (including phenoxy) is 1. The minimum absolute atomic E-state index is 0.0321. The van der Waals surface area contributed by atoms with Gasteiger partial charge in [-0.05, 0) is 43.9 Å². The molecule has 3 aliphatic rings. The average Bonchev–Trinajstić information content (AvgIpc) is 3.54. The molecule has 2 heterocycles. The van der Waals surface area contributed by atoms with Crippen molar-refractivity contribution in [2.45, 2.75) is 63.0 Å². The third-order valence-electron chi connectivity index (χ3n) is 7.84. The molecular weight excluding hydrogens is 470 g/mol. The number of Topliss-reactive ketones (excluding diaryl/α,β-unsaturated/α-hetero) is 1. The minimum Gasteiger partial charge on any atom is -0.496 e. The van der Waals surface area contributed by atoms with Crippen LogP contribution in [0.3, 0.4) is 0 Å². The molecule has 0 radical (unpaired) electrons. The molecule has 2 N–H and O–H groups in total. The summed E-state index contributed by atoms with van der Waals surface area (Å²) in [5.41, 5.74) is 0.0615. The first kappa shape index (κ1) is 24.2. The van der Waals surface area contributed by atoms with E-state index in [-0.39, 0.29) is 49.6 Å². The molecule has 1 aromatic heterocycles. The van der Waals surface area contributed by atoms with Crippen LogP contribution in [0.5, 0.6) is 5.75 Å². The largest absolute Gasteiger partial charge is 0.496 e. The summed E-state index contributed by atoms with van der Waals surface area (Å²) in [6.07, 6.45) is 1.48. The predicted octanol–water partition coefficient (Wildman–Crippen LogP) is 3.57. The lowest BCUT2D eigenvalue weighted by molar-refractivity contribution is -0.155. The maximum absolute atomic E-state index is 13.9. The summed E-state index contributed by atoms with van der Waals surface area (Å²) in [5, 5.41) is 13.0. The number of carbonyl (C=O) groups excluding carboxylic acids is 3. The van der Waals surface area contributed by atoms with Crippen LogP contribution in [0.4, 0.5) is 8.78 Å². The van der Waals surface area contributed by atoms with E-state index in [2.05, 4.69) is 10.3 Å². The molecule has 2 aromatic rings. The Bertz CT molecular complexity index is 1260. The fourth-order valence-corrected chi connectivity index (χ4v) is 6.21. The Morgan fingerprint density at radius 2 is 2.14 bits per heavy atom. The quantitative estimate of drug-likeness (QED) is 0.632. The van der Waals surface area contributed by atoms with E-state index in [0.29, 0.717) is 29.5 Å². The number of benzene rings is 1. The third-order valence-corrected chi connectivity index (χ3v) is 7.84. The number of hydrogen-bond acceptors (Lipinski definition) is 5. The number of alkyl halides is 2. The van der Waals surface area contributed by atoms with Gasteiger partial charge in [-0.15, -0.1) is 0 Å². The first-order valence-corrected chi connectivity index (χ1v) is 12.2. The number of H-pyrrole nitrogens is 1. The summed E-state index contributed by atoms with van der Waals surface area (Å²) < 4.78 is 33.1. The zero-order valence-corrected chi connectivity index (χ0v) is 20.0. The van der Waals surface area contributed by atoms with Crippen LogP contribution in [0.1, 0.15) is 55.4 Å². The first-order chi connectivity index (χ1) is 17.1. The molecule has 3 unspecified atom stereocenters. The van der Waals surface area contributed by atoms with Crippen LogP contribution in [-0.4, -0.2) is 59.1 Å². The van der Waals surface area contributed by atoms with Gasteiger partial charge in [0, 0.05) is 48.0 Å². The third kappa shape index (κ3) is 4.31. The molecular formula is C26H28F2N4O4. The Kier molecular flexibility index (Phi) is 5.97. The van der Waals surface area contributed by atoms with Crippen molar-refractivity contribution in [1.82, 2.24) is 15.2 Å². The van der Waals surface area contributed by atoms with E-state index in [4.69, 9.17) is 4.74 Å². The van der Waals surface area contributed by atoms with E-state index in [1.807, 2.05) is 6.07 Å². The molecule has 1 aromatic carbocycles. The van der Waals surface area contributed by atoms with E-state index >= 15 is 0 Å². The summed E-state index contributed by atoms with van der Waals surface area (Å²) in [4.78, 5) is 43.3. The molecule has 2 aliphatic carbocycles. The molecule has 1 saturated heterocycles. The van der Waals surface area contributed by atoms with Crippen molar-refractivity contribution in [1.29, 1.82) is 5.26 Å². The minimum atomic E-state index is -2.81. The first-order valence-electron chi connectivity index (χ1n) is 12.2. The normalized spacial score (nSPS) is 24.9. The molecule has 3 fully saturated rings. The van der Waals surface area contributed by atoms with E-state index in [1.54, 1.807) is 24.3 Å². The van der Waals surface area contributed by atoms with Gasteiger partial charge in [-0.1, -0.05) is 6.07 Å². The van der Waals surface area contributed by atoms with Crippen LogP contribution in [0.25, 0.3) is 10.9 Å². The zero-order chi connectivity index (χ0) is 25.7. The Morgan fingerprint density at radius 1 is 1.36 bits per heavy atom. The number of nitriles is 1. The highest BCUT2D eigenvalue weighted by Crippen LogP contribution is 2.58. The molecule has 2 amide bonds. The summed E-state index contributed by atoms with van der Waals surface area (Å²) in [5.74, 6) is -3.44. The number of carbonyl (C=O) groups is 3. The smallest absolute Gasteiger partial charge is 0.271 e. The van der Waals surface area contributed by atoms with E-state index < -0.39 is 35.2 Å². The molecule has 5 rings (SSSR count). The fourth-order valence-electron chi connectivity index (χ4n) is 6.21. The van der Waals surface area contributed by atoms with Gasteiger partial charge in [-0.25, -0.2) is 8.78 Å². The lowest BCUT2D eigenvalue weighted by Crippen LogP contribution is -2.49. The topological polar surface area (TPSA) is 115 Å². The number of nitrogens with zero attached hydrogens (tertiary/aromatic N) is 2. The van der Waals surface area contributed by atoms with E-state index in [0.717, 1.165) is 6.42 Å². The number of fused-ring (bicyclic) bond motifs is 1. The Morgan fingerprint density at radius 3 is 2.78 bits per heavy atom. The van der Waals surface area contributed by atoms with Crippen molar-refractivity contribution >= 4 is 28.5 Å². The van der Waals surface area contributed by atoms with Crippen LogP contribution < -0.4 is 10.1 Å². The van der Waals surface area contributed by atoms with Gasteiger partial charge in [0.25, 0.3) is 5.91 Å². The van der Waals surface area contributed by atoms with Gasteiger partial charge < -0.3 is 19.9 Å². The highest BCUT2D eigenvalue weighted by molar-refractivity contribution is 6.02. The Balaban J connectivity index is 1.38. The van der Waals surface area contributed by atoms with E-state index in [9.17, 15) is 28.4 Å². The molecule has 36 heavy (non-hydrogen) atoms. The zero-order valence-electron chi connectivity index (χ0n) is 20.0. The van der Waals surface area contributed by atoms with Crippen molar-refractivity contribution in [3.05, 3.63) is 30.0 Å². The van der Waals surface area contributed by atoms with Gasteiger partial charge >= 0.3 is 0 Å². The van der Waals surface area contributed by atoms with Crippen LogP contribution in [0, 0.1) is 22.7 Å². The number of amides is 2. The number of hydrogen-bond donors (Lipinski definition) is 2. The summed E-state index contributed by atoms with van der Waals surface area (Å²) >= 11 is 0. The average molecular weight is 499 g/mol. The van der Waals surface area contributed by atoms with E-state index in [1.165, 1.54) is 12.0 Å².